The molecule has 0 N–H and O–H groups in total. The van der Waals surface area contributed by atoms with Crippen LogP contribution in [-0.2, 0) is 6.42 Å². The third-order valence-corrected chi connectivity index (χ3v) is 3.64. The molecule has 120 valence electrons. The summed E-state index contributed by atoms with van der Waals surface area (Å²) in [4.78, 5) is 0. The molecule has 0 saturated carbocycles. The molecule has 0 unspecified atom stereocenters. The molecule has 23 heavy (non-hydrogen) atoms. The first kappa shape index (κ1) is 17.0. The summed E-state index contributed by atoms with van der Waals surface area (Å²) in [5.74, 6) is 4.63. The van der Waals surface area contributed by atoms with Gasteiger partial charge in [-0.25, -0.2) is 8.78 Å². The van der Waals surface area contributed by atoms with Gasteiger partial charge in [0.2, 0.25) is 0 Å². The van der Waals surface area contributed by atoms with Gasteiger partial charge in [-0.3, -0.25) is 0 Å². The number of rotatable bonds is 5. The molecule has 2 aromatic carbocycles. The maximum atomic E-state index is 14.1. The molecule has 0 amide bonds. The highest BCUT2D eigenvalue weighted by molar-refractivity contribution is 5.45. The molecule has 0 bridgehead atoms. The lowest BCUT2D eigenvalue weighted by Gasteiger charge is -2.05. The van der Waals surface area contributed by atoms with Crippen LogP contribution >= 0.6 is 0 Å². The molecular weight excluding hydrogens is 294 g/mol. The first-order valence-electron chi connectivity index (χ1n) is 7.78. The minimum Gasteiger partial charge on any atom is -0.497 e. The van der Waals surface area contributed by atoms with E-state index >= 15 is 0 Å². The second-order valence-electron chi connectivity index (χ2n) is 5.34. The Morgan fingerprint density at radius 3 is 2.30 bits per heavy atom. The van der Waals surface area contributed by atoms with Crippen molar-refractivity contribution >= 4 is 0 Å². The summed E-state index contributed by atoms with van der Waals surface area (Å²) in [5.41, 5.74) is 1.22. The Morgan fingerprint density at radius 2 is 1.65 bits per heavy atom. The summed E-state index contributed by atoms with van der Waals surface area (Å²) in [6, 6.07) is 10.3. The highest BCUT2D eigenvalue weighted by Gasteiger charge is 2.11. The van der Waals surface area contributed by atoms with Gasteiger partial charge < -0.3 is 4.74 Å². The van der Waals surface area contributed by atoms with Crippen molar-refractivity contribution in [1.82, 2.24) is 0 Å². The zero-order valence-electron chi connectivity index (χ0n) is 13.5. The number of methoxy groups -OCH3 is 1. The summed E-state index contributed by atoms with van der Waals surface area (Å²) in [6.45, 7) is 2.08. The van der Waals surface area contributed by atoms with E-state index in [9.17, 15) is 8.78 Å². The molecule has 0 atom stereocenters. The second kappa shape index (κ2) is 8.33. The number of hydrogen-bond donors (Lipinski definition) is 0. The van der Waals surface area contributed by atoms with Gasteiger partial charge in [0.1, 0.15) is 5.75 Å². The van der Waals surface area contributed by atoms with E-state index in [2.05, 4.69) is 18.8 Å². The maximum Gasteiger partial charge on any atom is 0.174 e. The summed E-state index contributed by atoms with van der Waals surface area (Å²) in [7, 11) is 1.58. The van der Waals surface area contributed by atoms with Crippen LogP contribution in [0.5, 0.6) is 5.75 Å². The number of hydrogen-bond acceptors (Lipinski definition) is 1. The maximum absolute atomic E-state index is 14.1. The number of unbranched alkanes of at least 4 members (excludes halogenated alkanes) is 2. The topological polar surface area (TPSA) is 9.23 Å². The van der Waals surface area contributed by atoms with Gasteiger partial charge in [0.25, 0.3) is 0 Å². The van der Waals surface area contributed by atoms with Gasteiger partial charge in [0, 0.05) is 5.56 Å². The minimum atomic E-state index is -0.861. The summed E-state index contributed by atoms with van der Waals surface area (Å²) in [5, 5.41) is 0. The zero-order chi connectivity index (χ0) is 16.7. The third kappa shape index (κ3) is 4.56. The SMILES string of the molecule is CCCCCc1ccc(C#Cc2ccc(OC)cc2)c(F)c1F. The zero-order valence-corrected chi connectivity index (χ0v) is 13.5. The van der Waals surface area contributed by atoms with Gasteiger partial charge in [0.15, 0.2) is 11.6 Å². The fourth-order valence-corrected chi connectivity index (χ4v) is 2.26. The van der Waals surface area contributed by atoms with Crippen LogP contribution in [0.2, 0.25) is 0 Å². The van der Waals surface area contributed by atoms with E-state index < -0.39 is 11.6 Å². The highest BCUT2D eigenvalue weighted by Crippen LogP contribution is 2.18. The Hall–Kier alpha value is -2.34. The fourth-order valence-electron chi connectivity index (χ4n) is 2.26. The molecule has 0 aliphatic carbocycles. The molecule has 0 fully saturated rings. The van der Waals surface area contributed by atoms with Gasteiger partial charge in [-0.05, 0) is 48.7 Å². The van der Waals surface area contributed by atoms with Crippen LogP contribution in [0, 0.1) is 23.5 Å². The molecule has 0 saturated heterocycles. The second-order valence-corrected chi connectivity index (χ2v) is 5.34. The molecule has 2 aromatic rings. The van der Waals surface area contributed by atoms with Crippen molar-refractivity contribution in [3.05, 3.63) is 64.7 Å². The molecule has 0 spiro atoms. The molecule has 0 radical (unpaired) electrons. The van der Waals surface area contributed by atoms with Crippen molar-refractivity contribution in [3.63, 3.8) is 0 Å². The van der Waals surface area contributed by atoms with Crippen LogP contribution in [0.4, 0.5) is 8.78 Å². The van der Waals surface area contributed by atoms with Crippen LogP contribution in [0.15, 0.2) is 36.4 Å². The van der Waals surface area contributed by atoms with E-state index in [-0.39, 0.29) is 5.56 Å². The monoisotopic (exact) mass is 314 g/mol. The molecule has 2 rings (SSSR count). The lowest BCUT2D eigenvalue weighted by Crippen LogP contribution is -1.98. The predicted molar refractivity (Wildman–Crippen MR) is 88.6 cm³/mol. The van der Waals surface area contributed by atoms with Gasteiger partial charge >= 0.3 is 0 Å². The summed E-state index contributed by atoms with van der Waals surface area (Å²) in [6.07, 6.45) is 3.49. The van der Waals surface area contributed by atoms with E-state index in [4.69, 9.17) is 4.74 Å². The smallest absolute Gasteiger partial charge is 0.174 e. The van der Waals surface area contributed by atoms with Gasteiger partial charge in [0.05, 0.1) is 12.7 Å². The highest BCUT2D eigenvalue weighted by atomic mass is 19.2. The molecule has 0 aromatic heterocycles. The van der Waals surface area contributed by atoms with Gasteiger partial charge in [-0.1, -0.05) is 37.7 Å². The molecule has 0 aliphatic rings. The average Bonchev–Trinajstić information content (AvgIpc) is 2.58. The summed E-state index contributed by atoms with van der Waals surface area (Å²) < 4.78 is 33.2. The largest absolute Gasteiger partial charge is 0.497 e. The predicted octanol–water partition coefficient (Wildman–Crippen LogP) is 5.11. The normalized spacial score (nSPS) is 10.1. The van der Waals surface area contributed by atoms with Crippen molar-refractivity contribution in [3.8, 4) is 17.6 Å². The van der Waals surface area contributed by atoms with Crippen molar-refractivity contribution in [1.29, 1.82) is 0 Å². The van der Waals surface area contributed by atoms with Crippen LogP contribution in [0.25, 0.3) is 0 Å². The first-order chi connectivity index (χ1) is 11.2. The Kier molecular flexibility index (Phi) is 6.17. The van der Waals surface area contributed by atoms with Crippen LogP contribution < -0.4 is 4.74 Å². The number of ether oxygens (including phenoxy) is 1. The minimum absolute atomic E-state index is 0.0811. The average molecular weight is 314 g/mol. The van der Waals surface area contributed by atoms with E-state index in [0.29, 0.717) is 12.0 Å². The molecule has 0 heterocycles. The molecule has 0 aliphatic heterocycles. The van der Waals surface area contributed by atoms with Crippen LogP contribution in [0.1, 0.15) is 42.9 Å². The number of aryl methyl sites for hydroxylation is 1. The first-order valence-corrected chi connectivity index (χ1v) is 7.78. The van der Waals surface area contributed by atoms with Crippen molar-refractivity contribution in [2.75, 3.05) is 7.11 Å². The molecular formula is C20H20F2O. The van der Waals surface area contributed by atoms with E-state index in [1.807, 2.05) is 0 Å². The van der Waals surface area contributed by atoms with Crippen molar-refractivity contribution < 1.29 is 13.5 Å². The van der Waals surface area contributed by atoms with E-state index in [1.54, 1.807) is 43.5 Å². The van der Waals surface area contributed by atoms with Crippen LogP contribution in [-0.4, -0.2) is 7.11 Å². The Morgan fingerprint density at radius 1 is 0.913 bits per heavy atom. The standard InChI is InChI=1S/C20H20F2O/c1-3-4-5-6-16-11-12-17(20(22)19(16)21)10-7-15-8-13-18(23-2)14-9-15/h8-9,11-14H,3-6H2,1-2H3. The van der Waals surface area contributed by atoms with Crippen LogP contribution in [0.3, 0.4) is 0 Å². The van der Waals surface area contributed by atoms with Crippen molar-refractivity contribution in [2.45, 2.75) is 32.6 Å². The third-order valence-electron chi connectivity index (χ3n) is 3.64. The quantitative estimate of drug-likeness (QED) is 0.551. The number of benzene rings is 2. The Labute approximate surface area is 136 Å². The number of halogens is 2. The molecule has 1 nitrogen and oxygen atoms in total. The fraction of sp³-hybridized carbons (Fsp3) is 0.300. The Bertz CT molecular complexity index is 709. The lowest BCUT2D eigenvalue weighted by atomic mass is 10.0. The van der Waals surface area contributed by atoms with E-state index in [1.165, 1.54) is 0 Å². The Balaban J connectivity index is 2.17. The van der Waals surface area contributed by atoms with E-state index in [0.717, 1.165) is 30.6 Å². The van der Waals surface area contributed by atoms with Crippen molar-refractivity contribution in [2.24, 2.45) is 0 Å². The lowest BCUT2D eigenvalue weighted by molar-refractivity contribution is 0.415. The summed E-state index contributed by atoms with van der Waals surface area (Å²) >= 11 is 0. The molecule has 3 heteroatoms. The van der Waals surface area contributed by atoms with Gasteiger partial charge in [-0.15, -0.1) is 0 Å². The van der Waals surface area contributed by atoms with Gasteiger partial charge in [-0.2, -0.15) is 0 Å².